The van der Waals surface area contributed by atoms with Crippen LogP contribution in [-0.4, -0.2) is 41.4 Å². The minimum Gasteiger partial charge on any atom is -0.489 e. The lowest BCUT2D eigenvalue weighted by Gasteiger charge is -2.24. The Morgan fingerprint density at radius 3 is 2.34 bits per heavy atom. The van der Waals surface area contributed by atoms with Gasteiger partial charge in [0.05, 0.1) is 30.0 Å². The number of ether oxygens (including phenoxy) is 2. The molecule has 1 aromatic heterocycles. The molecular weight excluding hydrogens is 634 g/mol. The molecule has 0 radical (unpaired) electrons. The standard InChI is InChI=1S/C34H35F4N3O5Si/c1-47(2,3)17-16-45-33(44)30-23(19-41-32(43)28-18-24(34(36,37)38)9-15-29(28)39-40-41)8-14-27(30)31(42)22-6-12-26(13-7-22)46-20-21-4-10-25(35)11-5-21/h4-7,9-13,15,18,23,27,30H,8,14,16-17,19-20H2,1-3H3/t23-,27-,30-/m0/s1. The number of carbonyl (C=O) groups excluding carboxylic acids is 2. The van der Waals surface area contributed by atoms with Crippen molar-refractivity contribution >= 4 is 30.7 Å². The Morgan fingerprint density at radius 1 is 0.979 bits per heavy atom. The molecule has 248 valence electrons. The van der Waals surface area contributed by atoms with E-state index in [-0.39, 0.29) is 42.3 Å². The summed E-state index contributed by atoms with van der Waals surface area (Å²) in [6.45, 7) is 6.73. The first-order chi connectivity index (χ1) is 22.2. The van der Waals surface area contributed by atoms with E-state index < -0.39 is 49.1 Å². The molecule has 0 aliphatic heterocycles. The van der Waals surface area contributed by atoms with Gasteiger partial charge in [0.2, 0.25) is 0 Å². The van der Waals surface area contributed by atoms with Gasteiger partial charge in [-0.1, -0.05) is 37.0 Å². The highest BCUT2D eigenvalue weighted by Crippen LogP contribution is 2.41. The molecule has 0 spiro atoms. The van der Waals surface area contributed by atoms with E-state index in [1.807, 2.05) is 0 Å². The van der Waals surface area contributed by atoms with Crippen LogP contribution >= 0.6 is 0 Å². The summed E-state index contributed by atoms with van der Waals surface area (Å²) in [6.07, 6.45) is -3.92. The summed E-state index contributed by atoms with van der Waals surface area (Å²) < 4.78 is 65.7. The molecule has 13 heteroatoms. The lowest BCUT2D eigenvalue weighted by Crippen LogP contribution is -2.36. The third-order valence-corrected chi connectivity index (χ3v) is 10.1. The number of carbonyl (C=O) groups is 2. The number of nitrogens with zero attached hydrogens (tertiary/aromatic N) is 3. The fourth-order valence-electron chi connectivity index (χ4n) is 5.76. The van der Waals surface area contributed by atoms with Crippen molar-refractivity contribution in [3.05, 3.63) is 99.6 Å². The van der Waals surface area contributed by atoms with Crippen molar-refractivity contribution in [2.75, 3.05) is 6.61 Å². The van der Waals surface area contributed by atoms with Gasteiger partial charge in [-0.05, 0) is 85.0 Å². The van der Waals surface area contributed by atoms with E-state index >= 15 is 0 Å². The Bertz CT molecular complexity index is 1800. The molecule has 1 saturated carbocycles. The van der Waals surface area contributed by atoms with Crippen molar-refractivity contribution in [2.24, 2.45) is 17.8 Å². The quantitative estimate of drug-likeness (QED) is 0.0739. The molecule has 8 nitrogen and oxygen atoms in total. The fourth-order valence-corrected chi connectivity index (χ4v) is 6.48. The number of benzene rings is 3. The predicted molar refractivity (Wildman–Crippen MR) is 169 cm³/mol. The van der Waals surface area contributed by atoms with Gasteiger partial charge in [-0.2, -0.15) is 13.2 Å². The summed E-state index contributed by atoms with van der Waals surface area (Å²) in [4.78, 5) is 40.7. The van der Waals surface area contributed by atoms with Gasteiger partial charge in [-0.25, -0.2) is 9.07 Å². The number of rotatable bonds is 11. The van der Waals surface area contributed by atoms with Crippen LogP contribution in [0.5, 0.6) is 5.75 Å². The maximum atomic E-state index is 13.8. The SMILES string of the molecule is C[Si](C)(C)CCOC(=O)[C@H]1[C@H](Cn2nnc3ccc(C(F)(F)F)cc3c2=O)CC[C@@H]1C(=O)c1ccc(OCc2ccc(F)cc2)cc1. The average Bonchev–Trinajstić information content (AvgIpc) is 3.44. The molecule has 5 rings (SSSR count). The van der Waals surface area contributed by atoms with Gasteiger partial charge in [0.25, 0.3) is 5.56 Å². The van der Waals surface area contributed by atoms with E-state index in [4.69, 9.17) is 9.47 Å². The van der Waals surface area contributed by atoms with Crippen molar-refractivity contribution in [3.8, 4) is 5.75 Å². The number of alkyl halides is 3. The van der Waals surface area contributed by atoms with Gasteiger partial charge in [0, 0.05) is 19.6 Å². The molecule has 47 heavy (non-hydrogen) atoms. The van der Waals surface area contributed by atoms with E-state index in [1.165, 1.54) is 12.1 Å². The van der Waals surface area contributed by atoms with E-state index in [9.17, 15) is 31.9 Å². The van der Waals surface area contributed by atoms with Crippen LogP contribution in [0.15, 0.2) is 71.5 Å². The lowest BCUT2D eigenvalue weighted by atomic mass is 9.84. The largest absolute Gasteiger partial charge is 0.489 e. The monoisotopic (exact) mass is 669 g/mol. The Labute approximate surface area is 269 Å². The molecular formula is C34H35F4N3O5Si. The third-order valence-electron chi connectivity index (χ3n) is 8.41. The van der Waals surface area contributed by atoms with E-state index in [2.05, 4.69) is 30.0 Å². The first-order valence-electron chi connectivity index (χ1n) is 15.3. The van der Waals surface area contributed by atoms with Crippen molar-refractivity contribution in [1.82, 2.24) is 15.0 Å². The average molecular weight is 670 g/mol. The molecule has 1 aliphatic rings. The summed E-state index contributed by atoms with van der Waals surface area (Å²) in [5.41, 5.74) is -0.588. The maximum absolute atomic E-state index is 13.8. The number of aromatic nitrogens is 3. The second-order valence-electron chi connectivity index (χ2n) is 13.1. The Balaban J connectivity index is 1.36. The second kappa shape index (κ2) is 13.8. The molecule has 0 amide bonds. The Kier molecular flexibility index (Phi) is 9.94. The van der Waals surface area contributed by atoms with Crippen molar-refractivity contribution in [1.29, 1.82) is 0 Å². The predicted octanol–water partition coefficient (Wildman–Crippen LogP) is 6.94. The molecule has 4 aromatic rings. The summed E-state index contributed by atoms with van der Waals surface area (Å²) in [5, 5.41) is 7.64. The van der Waals surface area contributed by atoms with Crippen LogP contribution in [0.4, 0.5) is 17.6 Å². The highest BCUT2D eigenvalue weighted by atomic mass is 28.3. The number of Topliss-reactive ketones (excluding diaryl/α,β-unsaturated/α-hetero) is 1. The van der Waals surface area contributed by atoms with E-state index in [0.29, 0.717) is 24.2 Å². The second-order valence-corrected chi connectivity index (χ2v) is 18.7. The Morgan fingerprint density at radius 2 is 1.68 bits per heavy atom. The van der Waals surface area contributed by atoms with Gasteiger partial charge in [0.15, 0.2) is 5.78 Å². The lowest BCUT2D eigenvalue weighted by molar-refractivity contribution is -0.150. The van der Waals surface area contributed by atoms with Crippen LogP contribution in [-0.2, 0) is 28.9 Å². The molecule has 1 fully saturated rings. The van der Waals surface area contributed by atoms with Gasteiger partial charge in [-0.3, -0.25) is 14.4 Å². The first kappa shape index (κ1) is 34.0. The number of fused-ring (bicyclic) bond motifs is 1. The summed E-state index contributed by atoms with van der Waals surface area (Å²) in [5.74, 6) is -2.85. The number of hydrogen-bond acceptors (Lipinski definition) is 7. The summed E-state index contributed by atoms with van der Waals surface area (Å²) in [7, 11) is -1.54. The van der Waals surface area contributed by atoms with Crippen LogP contribution in [0.1, 0.15) is 34.3 Å². The van der Waals surface area contributed by atoms with E-state index in [0.717, 1.165) is 34.5 Å². The highest BCUT2D eigenvalue weighted by molar-refractivity contribution is 6.76. The zero-order valence-corrected chi connectivity index (χ0v) is 27.2. The molecule has 0 saturated heterocycles. The topological polar surface area (TPSA) is 100 Å². The van der Waals surface area contributed by atoms with Gasteiger partial charge >= 0.3 is 12.1 Å². The number of esters is 1. The number of ketones is 1. The van der Waals surface area contributed by atoms with Gasteiger partial charge in [0.1, 0.15) is 23.7 Å². The molecule has 1 heterocycles. The van der Waals surface area contributed by atoms with Crippen LogP contribution in [0.25, 0.3) is 10.9 Å². The normalized spacial score (nSPS) is 18.3. The molecule has 0 unspecified atom stereocenters. The van der Waals surface area contributed by atoms with Crippen LogP contribution in [0.2, 0.25) is 25.7 Å². The molecule has 0 N–H and O–H groups in total. The minimum atomic E-state index is -4.65. The number of halogens is 4. The number of hydrogen-bond donors (Lipinski definition) is 0. The molecule has 0 bridgehead atoms. The van der Waals surface area contributed by atoms with Crippen LogP contribution < -0.4 is 10.3 Å². The smallest absolute Gasteiger partial charge is 0.416 e. The van der Waals surface area contributed by atoms with Gasteiger partial charge < -0.3 is 9.47 Å². The van der Waals surface area contributed by atoms with Crippen LogP contribution in [0, 0.1) is 23.6 Å². The maximum Gasteiger partial charge on any atom is 0.416 e. The molecule has 3 aromatic carbocycles. The molecule has 1 aliphatic carbocycles. The summed E-state index contributed by atoms with van der Waals surface area (Å²) in [6, 6.07) is 15.8. The van der Waals surface area contributed by atoms with Crippen molar-refractivity contribution in [2.45, 2.75) is 57.9 Å². The minimum absolute atomic E-state index is 0.0196. The van der Waals surface area contributed by atoms with E-state index in [1.54, 1.807) is 36.4 Å². The van der Waals surface area contributed by atoms with Crippen molar-refractivity contribution in [3.63, 3.8) is 0 Å². The molecule has 3 atom stereocenters. The van der Waals surface area contributed by atoms with Gasteiger partial charge in [-0.15, -0.1) is 5.10 Å². The highest BCUT2D eigenvalue weighted by Gasteiger charge is 2.46. The fraction of sp³-hybridized carbons (Fsp3) is 0.382. The Hall–Kier alpha value is -4.39. The van der Waals surface area contributed by atoms with Crippen molar-refractivity contribution < 1.29 is 36.6 Å². The first-order valence-corrected chi connectivity index (χ1v) is 19.0. The zero-order valence-electron chi connectivity index (χ0n) is 26.2. The summed E-state index contributed by atoms with van der Waals surface area (Å²) >= 11 is 0. The third kappa shape index (κ3) is 8.31. The van der Waals surface area contributed by atoms with Crippen LogP contribution in [0.3, 0.4) is 0 Å². The zero-order chi connectivity index (χ0) is 33.9.